The van der Waals surface area contributed by atoms with Gasteiger partial charge in [0, 0.05) is 17.5 Å². The van der Waals surface area contributed by atoms with E-state index < -0.39 is 17.7 Å². The molecule has 0 aliphatic heterocycles. The third kappa shape index (κ3) is 3.36. The zero-order valence-electron chi connectivity index (χ0n) is 11.0. The fourth-order valence-corrected chi connectivity index (χ4v) is 2.73. The van der Waals surface area contributed by atoms with Crippen molar-refractivity contribution in [2.75, 3.05) is 7.11 Å². The average Bonchev–Trinajstić information content (AvgIpc) is 2.47. The Bertz CT molecular complexity index is 664. The highest BCUT2D eigenvalue weighted by molar-refractivity contribution is 9.10. The summed E-state index contributed by atoms with van der Waals surface area (Å²) in [5.74, 6) is -1.09. The van der Waals surface area contributed by atoms with Gasteiger partial charge in [-0.15, -0.1) is 0 Å². The van der Waals surface area contributed by atoms with Crippen molar-refractivity contribution in [2.24, 2.45) is 0 Å². The normalized spacial score (nSPS) is 12.3. The summed E-state index contributed by atoms with van der Waals surface area (Å²) in [5, 5.41) is 10.6. The lowest BCUT2D eigenvalue weighted by Crippen LogP contribution is -2.08. The minimum absolute atomic E-state index is 0.136. The summed E-state index contributed by atoms with van der Waals surface area (Å²) in [6.07, 6.45) is -1.44. The van der Waals surface area contributed by atoms with Gasteiger partial charge in [-0.1, -0.05) is 17.7 Å². The molecule has 0 saturated heterocycles. The van der Waals surface area contributed by atoms with Crippen molar-refractivity contribution < 1.29 is 18.6 Å². The molecule has 1 unspecified atom stereocenters. The number of hydrogen-bond acceptors (Lipinski definition) is 2. The van der Waals surface area contributed by atoms with Gasteiger partial charge in [0.1, 0.15) is 17.4 Å². The van der Waals surface area contributed by atoms with Gasteiger partial charge >= 0.3 is 0 Å². The zero-order valence-corrected chi connectivity index (χ0v) is 13.4. The molecule has 2 rings (SSSR count). The lowest BCUT2D eigenvalue weighted by atomic mass is 9.99. The Morgan fingerprint density at radius 3 is 2.67 bits per heavy atom. The summed E-state index contributed by atoms with van der Waals surface area (Å²) in [7, 11) is 1.43. The van der Waals surface area contributed by atoms with Crippen LogP contribution in [0.15, 0.2) is 34.8 Å². The molecule has 0 heterocycles. The highest BCUT2D eigenvalue weighted by Crippen LogP contribution is 2.35. The molecule has 1 N–H and O–H groups in total. The fraction of sp³-hybridized carbons (Fsp3) is 0.200. The van der Waals surface area contributed by atoms with Crippen LogP contribution < -0.4 is 4.74 Å². The molecule has 2 aromatic carbocycles. The topological polar surface area (TPSA) is 29.5 Å². The number of rotatable bonds is 4. The SMILES string of the molecule is COc1cccc(Cl)c1C(O)Cc1c(F)ccc(Br)c1F. The van der Waals surface area contributed by atoms with Crippen molar-refractivity contribution in [1.82, 2.24) is 0 Å². The maximum absolute atomic E-state index is 14.0. The first-order valence-corrected chi connectivity index (χ1v) is 7.25. The van der Waals surface area contributed by atoms with Crippen LogP contribution in [-0.4, -0.2) is 12.2 Å². The quantitative estimate of drug-likeness (QED) is 0.785. The van der Waals surface area contributed by atoms with Crippen molar-refractivity contribution in [1.29, 1.82) is 0 Å². The number of halogens is 4. The molecule has 0 saturated carbocycles. The number of hydrogen-bond donors (Lipinski definition) is 1. The molecule has 2 nitrogen and oxygen atoms in total. The summed E-state index contributed by atoms with van der Waals surface area (Å²) in [6, 6.07) is 7.28. The monoisotopic (exact) mass is 376 g/mol. The molecule has 0 aromatic heterocycles. The van der Waals surface area contributed by atoms with Crippen LogP contribution in [0.1, 0.15) is 17.2 Å². The molecule has 1 atom stereocenters. The van der Waals surface area contributed by atoms with Crippen LogP contribution in [0.2, 0.25) is 5.02 Å². The van der Waals surface area contributed by atoms with Crippen LogP contribution in [0.25, 0.3) is 0 Å². The second-order valence-corrected chi connectivity index (χ2v) is 5.66. The van der Waals surface area contributed by atoms with Crippen LogP contribution in [0, 0.1) is 11.6 Å². The first kappa shape index (κ1) is 16.2. The van der Waals surface area contributed by atoms with E-state index in [0.29, 0.717) is 11.3 Å². The maximum Gasteiger partial charge on any atom is 0.143 e. The van der Waals surface area contributed by atoms with Crippen molar-refractivity contribution >= 4 is 27.5 Å². The summed E-state index contributed by atoms with van der Waals surface area (Å²) in [4.78, 5) is 0. The van der Waals surface area contributed by atoms with E-state index in [1.165, 1.54) is 13.2 Å². The van der Waals surface area contributed by atoms with Crippen molar-refractivity contribution in [3.63, 3.8) is 0 Å². The van der Waals surface area contributed by atoms with Gasteiger partial charge in [-0.05, 0) is 40.2 Å². The Balaban J connectivity index is 2.40. The van der Waals surface area contributed by atoms with Gasteiger partial charge < -0.3 is 9.84 Å². The number of methoxy groups -OCH3 is 1. The zero-order chi connectivity index (χ0) is 15.6. The smallest absolute Gasteiger partial charge is 0.143 e. The Kier molecular flexibility index (Phi) is 5.19. The van der Waals surface area contributed by atoms with E-state index in [1.807, 2.05) is 0 Å². The molecule has 0 amide bonds. The number of ether oxygens (including phenoxy) is 1. The van der Waals surface area contributed by atoms with E-state index in [1.54, 1.807) is 18.2 Å². The maximum atomic E-state index is 14.0. The molecule has 21 heavy (non-hydrogen) atoms. The van der Waals surface area contributed by atoms with E-state index in [0.717, 1.165) is 6.07 Å². The molecular weight excluding hydrogens is 366 g/mol. The van der Waals surface area contributed by atoms with Crippen LogP contribution >= 0.6 is 27.5 Å². The second kappa shape index (κ2) is 6.73. The molecule has 0 spiro atoms. The van der Waals surface area contributed by atoms with Gasteiger partial charge in [-0.3, -0.25) is 0 Å². The summed E-state index contributed by atoms with van der Waals surface area (Å²) >= 11 is 9.04. The summed E-state index contributed by atoms with van der Waals surface area (Å²) in [5.41, 5.74) is 0.0966. The van der Waals surface area contributed by atoms with Crippen LogP contribution in [0.4, 0.5) is 8.78 Å². The van der Waals surface area contributed by atoms with E-state index in [4.69, 9.17) is 16.3 Å². The van der Waals surface area contributed by atoms with Crippen molar-refractivity contribution in [2.45, 2.75) is 12.5 Å². The molecule has 112 valence electrons. The van der Waals surface area contributed by atoms with Crippen molar-refractivity contribution in [3.8, 4) is 5.75 Å². The lowest BCUT2D eigenvalue weighted by Gasteiger charge is -2.17. The summed E-state index contributed by atoms with van der Waals surface area (Å²) < 4.78 is 33.0. The first-order chi connectivity index (χ1) is 9.95. The highest BCUT2D eigenvalue weighted by atomic mass is 79.9. The third-order valence-corrected chi connectivity index (χ3v) is 4.04. The number of benzene rings is 2. The Morgan fingerprint density at radius 1 is 1.29 bits per heavy atom. The van der Waals surface area contributed by atoms with Gasteiger partial charge in [0.15, 0.2) is 0 Å². The minimum atomic E-state index is -1.19. The number of aliphatic hydroxyl groups excluding tert-OH is 1. The van der Waals surface area contributed by atoms with Crippen LogP contribution in [0.5, 0.6) is 5.75 Å². The molecule has 0 aliphatic rings. The first-order valence-electron chi connectivity index (χ1n) is 6.08. The predicted molar refractivity (Wildman–Crippen MR) is 80.7 cm³/mol. The third-order valence-electron chi connectivity index (χ3n) is 3.10. The molecule has 0 radical (unpaired) electrons. The number of aliphatic hydroxyl groups is 1. The minimum Gasteiger partial charge on any atom is -0.496 e. The van der Waals surface area contributed by atoms with E-state index in [-0.39, 0.29) is 21.5 Å². The van der Waals surface area contributed by atoms with Gasteiger partial charge in [0.05, 0.1) is 22.7 Å². The average molecular weight is 378 g/mol. The van der Waals surface area contributed by atoms with Gasteiger partial charge in [0.25, 0.3) is 0 Å². The molecule has 0 fully saturated rings. The Labute approximate surface area is 134 Å². The standard InChI is InChI=1S/C15H12BrClF2O2/c1-21-13-4-2-3-10(17)14(13)12(20)7-8-11(18)6-5-9(16)15(8)19/h2-6,12,20H,7H2,1H3. The molecule has 6 heteroatoms. The van der Waals surface area contributed by atoms with Gasteiger partial charge in [-0.25, -0.2) is 8.78 Å². The van der Waals surface area contributed by atoms with E-state index >= 15 is 0 Å². The fourth-order valence-electron chi connectivity index (χ4n) is 2.07. The Morgan fingerprint density at radius 2 is 2.00 bits per heavy atom. The Hall–Kier alpha value is -1.17. The van der Waals surface area contributed by atoms with Crippen molar-refractivity contribution in [3.05, 3.63) is 62.6 Å². The van der Waals surface area contributed by atoms with Crippen LogP contribution in [-0.2, 0) is 6.42 Å². The highest BCUT2D eigenvalue weighted by Gasteiger charge is 2.22. The molecule has 0 aliphatic carbocycles. The summed E-state index contributed by atoms with van der Waals surface area (Å²) in [6.45, 7) is 0. The van der Waals surface area contributed by atoms with E-state index in [2.05, 4.69) is 15.9 Å². The predicted octanol–water partition coefficient (Wildman–Crippen LogP) is 4.67. The molecule has 0 bridgehead atoms. The lowest BCUT2D eigenvalue weighted by molar-refractivity contribution is 0.171. The van der Waals surface area contributed by atoms with Gasteiger partial charge in [0.2, 0.25) is 0 Å². The van der Waals surface area contributed by atoms with Crippen LogP contribution in [0.3, 0.4) is 0 Å². The largest absolute Gasteiger partial charge is 0.496 e. The molecule has 2 aromatic rings. The van der Waals surface area contributed by atoms with Gasteiger partial charge in [-0.2, -0.15) is 0 Å². The van der Waals surface area contributed by atoms with E-state index in [9.17, 15) is 13.9 Å². The molecular formula is C15H12BrClF2O2. The second-order valence-electron chi connectivity index (χ2n) is 4.40.